The highest BCUT2D eigenvalue weighted by Gasteiger charge is 2.29. The summed E-state index contributed by atoms with van der Waals surface area (Å²) < 4.78 is 36.9. The minimum absolute atomic E-state index is 0.0659. The van der Waals surface area contributed by atoms with Gasteiger partial charge in [-0.05, 0) is 49.6 Å². The average molecular weight is 469 g/mol. The van der Waals surface area contributed by atoms with Crippen LogP contribution in [0.5, 0.6) is 0 Å². The highest BCUT2D eigenvalue weighted by molar-refractivity contribution is 7.88. The molecule has 2 aromatic carbocycles. The van der Waals surface area contributed by atoms with Crippen molar-refractivity contribution in [2.45, 2.75) is 32.4 Å². The number of hydrogen-bond donors (Lipinski definition) is 2. The molecule has 0 aliphatic rings. The Labute approximate surface area is 191 Å². The maximum atomic E-state index is 11.6. The molecule has 11 heteroatoms. The van der Waals surface area contributed by atoms with Crippen LogP contribution in [0.2, 0.25) is 0 Å². The van der Waals surface area contributed by atoms with Crippen molar-refractivity contribution in [1.82, 2.24) is 25.1 Å². The summed E-state index contributed by atoms with van der Waals surface area (Å²) in [7, 11) is -3.39. The third-order valence-electron chi connectivity index (χ3n) is 4.88. The zero-order valence-electron chi connectivity index (χ0n) is 18.4. The van der Waals surface area contributed by atoms with Gasteiger partial charge in [0.05, 0.1) is 11.8 Å². The molecule has 0 aliphatic carbocycles. The van der Waals surface area contributed by atoms with Gasteiger partial charge in [-0.15, -0.1) is 10.2 Å². The third-order valence-corrected chi connectivity index (χ3v) is 5.55. The van der Waals surface area contributed by atoms with Gasteiger partial charge in [0.25, 0.3) is 5.89 Å². The number of aryl methyl sites for hydroxylation is 1. The molecular weight excluding hydrogens is 444 g/mol. The van der Waals surface area contributed by atoms with E-state index in [1.165, 1.54) is 0 Å². The van der Waals surface area contributed by atoms with Crippen LogP contribution in [-0.2, 0) is 28.5 Å². The summed E-state index contributed by atoms with van der Waals surface area (Å²) in [6, 6.07) is 15.1. The van der Waals surface area contributed by atoms with E-state index in [0.717, 1.165) is 11.8 Å². The smallest absolute Gasteiger partial charge is 0.257 e. The molecule has 2 heterocycles. The van der Waals surface area contributed by atoms with Crippen molar-refractivity contribution >= 4 is 10.0 Å². The third kappa shape index (κ3) is 5.69. The summed E-state index contributed by atoms with van der Waals surface area (Å²) in [6.07, 6.45) is 1.61. The standard InChI is InChI=1S/C22H24N6O4S/c1-14-25-19(32-28-14)17-9-16(13-24-33(3,29)30)10-18(11-17)20-26-27-21(31-20)22(2,23)12-15-7-5-4-6-8-15/h4-11,24H,12-13,23H2,1-3H3/t22-/m1/s1. The van der Waals surface area contributed by atoms with E-state index in [1.807, 2.05) is 37.3 Å². The molecule has 0 saturated carbocycles. The van der Waals surface area contributed by atoms with Crippen molar-refractivity contribution in [3.63, 3.8) is 0 Å². The van der Waals surface area contributed by atoms with Crippen LogP contribution in [0.15, 0.2) is 57.5 Å². The van der Waals surface area contributed by atoms with Crippen molar-refractivity contribution in [3.8, 4) is 22.9 Å². The van der Waals surface area contributed by atoms with Crippen LogP contribution in [0, 0.1) is 6.92 Å². The molecule has 2 aromatic heterocycles. The van der Waals surface area contributed by atoms with E-state index in [2.05, 4.69) is 25.1 Å². The van der Waals surface area contributed by atoms with Gasteiger partial charge < -0.3 is 14.7 Å². The van der Waals surface area contributed by atoms with Crippen LogP contribution in [0.25, 0.3) is 22.9 Å². The van der Waals surface area contributed by atoms with Crippen LogP contribution in [0.4, 0.5) is 0 Å². The molecule has 0 saturated heterocycles. The number of nitrogens with one attached hydrogen (secondary N) is 1. The van der Waals surface area contributed by atoms with E-state index >= 15 is 0 Å². The second-order valence-electron chi connectivity index (χ2n) is 8.15. The Balaban J connectivity index is 1.68. The lowest BCUT2D eigenvalue weighted by atomic mass is 9.94. The van der Waals surface area contributed by atoms with Crippen LogP contribution in [0.3, 0.4) is 0 Å². The SMILES string of the molecule is Cc1noc(-c2cc(CNS(C)(=O)=O)cc(-c3nnc([C@](C)(N)Cc4ccccc4)o3)c2)n1. The molecular formula is C22H24N6O4S. The van der Waals surface area contributed by atoms with Crippen LogP contribution in [-0.4, -0.2) is 35.0 Å². The molecule has 0 bridgehead atoms. The van der Waals surface area contributed by atoms with Gasteiger partial charge in [-0.2, -0.15) is 4.98 Å². The lowest BCUT2D eigenvalue weighted by Gasteiger charge is -2.20. The largest absolute Gasteiger partial charge is 0.419 e. The molecule has 0 fully saturated rings. The van der Waals surface area contributed by atoms with Gasteiger partial charge >= 0.3 is 0 Å². The summed E-state index contributed by atoms with van der Waals surface area (Å²) in [5.41, 5.74) is 8.49. The number of benzene rings is 2. The van der Waals surface area contributed by atoms with E-state index in [0.29, 0.717) is 34.8 Å². The molecule has 0 amide bonds. The quantitative estimate of drug-likeness (QED) is 0.397. The van der Waals surface area contributed by atoms with Crippen molar-refractivity contribution in [2.24, 2.45) is 5.73 Å². The highest BCUT2D eigenvalue weighted by atomic mass is 32.2. The fraction of sp³-hybridized carbons (Fsp3) is 0.273. The molecule has 4 rings (SSSR count). The van der Waals surface area contributed by atoms with Gasteiger partial charge in [-0.3, -0.25) is 0 Å². The zero-order valence-corrected chi connectivity index (χ0v) is 19.3. The topological polar surface area (TPSA) is 150 Å². The monoisotopic (exact) mass is 468 g/mol. The van der Waals surface area contributed by atoms with Gasteiger partial charge in [0.15, 0.2) is 5.82 Å². The zero-order chi connectivity index (χ0) is 23.6. The van der Waals surface area contributed by atoms with Gasteiger partial charge in [0.1, 0.15) is 0 Å². The van der Waals surface area contributed by atoms with Crippen LogP contribution < -0.4 is 10.5 Å². The first kappa shape index (κ1) is 22.8. The molecule has 0 spiro atoms. The van der Waals surface area contributed by atoms with Crippen molar-refractivity contribution in [2.75, 3.05) is 6.26 Å². The van der Waals surface area contributed by atoms with Gasteiger partial charge in [0.2, 0.25) is 21.8 Å². The van der Waals surface area contributed by atoms with E-state index in [4.69, 9.17) is 14.7 Å². The second-order valence-corrected chi connectivity index (χ2v) is 9.98. The molecule has 10 nitrogen and oxygen atoms in total. The first-order valence-corrected chi connectivity index (χ1v) is 12.0. The first-order valence-electron chi connectivity index (χ1n) is 10.2. The Morgan fingerprint density at radius 3 is 2.36 bits per heavy atom. The lowest BCUT2D eigenvalue weighted by molar-refractivity contribution is 0.355. The van der Waals surface area contributed by atoms with E-state index in [9.17, 15) is 8.42 Å². The second kappa shape index (κ2) is 8.85. The van der Waals surface area contributed by atoms with E-state index in [-0.39, 0.29) is 18.3 Å². The minimum Gasteiger partial charge on any atom is -0.419 e. The number of rotatable bonds is 8. The summed E-state index contributed by atoms with van der Waals surface area (Å²) in [5, 5.41) is 12.2. The number of sulfonamides is 1. The lowest BCUT2D eigenvalue weighted by Crippen LogP contribution is -2.35. The number of nitrogens with zero attached hydrogens (tertiary/aromatic N) is 4. The Hall–Kier alpha value is -3.41. The maximum Gasteiger partial charge on any atom is 0.257 e. The van der Waals surface area contributed by atoms with Gasteiger partial charge in [-0.25, -0.2) is 13.1 Å². The van der Waals surface area contributed by atoms with Crippen molar-refractivity contribution < 1.29 is 17.4 Å². The molecule has 33 heavy (non-hydrogen) atoms. The molecule has 0 aliphatic heterocycles. The number of hydrogen-bond acceptors (Lipinski definition) is 9. The van der Waals surface area contributed by atoms with E-state index in [1.54, 1.807) is 25.1 Å². The summed E-state index contributed by atoms with van der Waals surface area (Å²) in [4.78, 5) is 4.25. The molecule has 172 valence electrons. The summed E-state index contributed by atoms with van der Waals surface area (Å²) in [5.74, 6) is 1.30. The molecule has 1 atom stereocenters. The minimum atomic E-state index is -3.39. The van der Waals surface area contributed by atoms with Crippen molar-refractivity contribution in [3.05, 3.63) is 71.4 Å². The predicted molar refractivity (Wildman–Crippen MR) is 121 cm³/mol. The fourth-order valence-electron chi connectivity index (χ4n) is 3.34. The summed E-state index contributed by atoms with van der Waals surface area (Å²) in [6.45, 7) is 3.61. The van der Waals surface area contributed by atoms with Crippen LogP contribution >= 0.6 is 0 Å². The predicted octanol–water partition coefficient (Wildman–Crippen LogP) is 2.56. The van der Waals surface area contributed by atoms with Crippen molar-refractivity contribution in [1.29, 1.82) is 0 Å². The Morgan fingerprint density at radius 2 is 1.73 bits per heavy atom. The Morgan fingerprint density at radius 1 is 1.03 bits per heavy atom. The number of nitrogens with two attached hydrogens (primary N) is 1. The Bertz CT molecular complexity index is 1360. The molecule has 0 radical (unpaired) electrons. The highest BCUT2D eigenvalue weighted by Crippen LogP contribution is 2.29. The maximum absolute atomic E-state index is 11.6. The molecule has 4 aromatic rings. The van der Waals surface area contributed by atoms with Gasteiger partial charge in [0, 0.05) is 17.7 Å². The Kier molecular flexibility index (Phi) is 6.11. The normalized spacial score (nSPS) is 13.7. The molecule has 0 unspecified atom stereocenters. The van der Waals surface area contributed by atoms with Crippen LogP contribution in [0.1, 0.15) is 29.8 Å². The summed E-state index contributed by atoms with van der Waals surface area (Å²) >= 11 is 0. The fourth-order valence-corrected chi connectivity index (χ4v) is 3.76. The molecule has 3 N–H and O–H groups in total. The van der Waals surface area contributed by atoms with Gasteiger partial charge in [-0.1, -0.05) is 35.5 Å². The van der Waals surface area contributed by atoms with E-state index < -0.39 is 15.6 Å². The number of aromatic nitrogens is 4. The average Bonchev–Trinajstić information content (AvgIpc) is 3.42. The first-order chi connectivity index (χ1) is 15.6.